The number of nitrogens with one attached hydrogen (secondary N) is 2. The lowest BCUT2D eigenvalue weighted by atomic mass is 10.0. The number of guanidine groups is 1. The number of halogens is 4. The van der Waals surface area contributed by atoms with Crippen LogP contribution in [0.2, 0.25) is 0 Å². The minimum atomic E-state index is -4.39. The van der Waals surface area contributed by atoms with Crippen molar-refractivity contribution < 1.29 is 18.3 Å². The van der Waals surface area contributed by atoms with Gasteiger partial charge >= 0.3 is 6.18 Å². The van der Waals surface area contributed by atoms with Crippen LogP contribution in [0.1, 0.15) is 22.6 Å². The van der Waals surface area contributed by atoms with Crippen LogP contribution in [0.25, 0.3) is 0 Å². The Kier molecular flexibility index (Phi) is 10.5. The number of alkyl halides is 3. The molecular weight excluding hydrogens is 494 g/mol. The van der Waals surface area contributed by atoms with Gasteiger partial charge in [-0.15, -0.1) is 24.0 Å². The third-order valence-corrected chi connectivity index (χ3v) is 4.00. The van der Waals surface area contributed by atoms with Crippen molar-refractivity contribution in [3.63, 3.8) is 0 Å². The van der Waals surface area contributed by atoms with E-state index in [1.54, 1.807) is 7.05 Å². The van der Waals surface area contributed by atoms with E-state index in [1.165, 1.54) is 12.1 Å². The summed E-state index contributed by atoms with van der Waals surface area (Å²) in [5.41, 5.74) is 0.585. The van der Waals surface area contributed by atoms with Gasteiger partial charge in [-0.3, -0.25) is 4.99 Å². The minimum Gasteiger partial charge on any atom is -0.396 e. The number of hydrogen-bond donors (Lipinski definition) is 3. The number of aliphatic hydroxyl groups is 1. The summed E-state index contributed by atoms with van der Waals surface area (Å²) in [5.74, 6) is 5.89. The van der Waals surface area contributed by atoms with E-state index in [2.05, 4.69) is 27.5 Å². The fourth-order valence-corrected chi connectivity index (χ4v) is 2.50. The smallest absolute Gasteiger partial charge is 0.396 e. The third kappa shape index (κ3) is 8.33. The van der Waals surface area contributed by atoms with Crippen molar-refractivity contribution in [1.82, 2.24) is 10.6 Å². The highest BCUT2D eigenvalue weighted by Gasteiger charge is 2.30. The molecule has 0 heterocycles. The van der Waals surface area contributed by atoms with Crippen LogP contribution in [0.15, 0.2) is 59.6 Å². The summed E-state index contributed by atoms with van der Waals surface area (Å²) in [5, 5.41) is 15.7. The van der Waals surface area contributed by atoms with Crippen LogP contribution in [0.5, 0.6) is 0 Å². The second kappa shape index (κ2) is 12.3. The van der Waals surface area contributed by atoms with Crippen molar-refractivity contribution in [3.05, 3.63) is 71.3 Å². The second-order valence-electron chi connectivity index (χ2n) is 5.98. The molecule has 2 rings (SSSR count). The molecule has 0 aliphatic heterocycles. The predicted molar refractivity (Wildman–Crippen MR) is 119 cm³/mol. The number of aliphatic hydroxyl groups excluding tert-OH is 1. The van der Waals surface area contributed by atoms with E-state index in [0.717, 1.165) is 17.7 Å². The third-order valence-electron chi connectivity index (χ3n) is 4.00. The van der Waals surface area contributed by atoms with Gasteiger partial charge < -0.3 is 15.7 Å². The Balaban J connectivity index is 0.00000420. The van der Waals surface area contributed by atoms with Crippen LogP contribution in [0.3, 0.4) is 0 Å². The fourth-order valence-electron chi connectivity index (χ4n) is 2.50. The van der Waals surface area contributed by atoms with Crippen LogP contribution in [0, 0.1) is 11.8 Å². The summed E-state index contributed by atoms with van der Waals surface area (Å²) in [7, 11) is 1.60. The molecule has 29 heavy (non-hydrogen) atoms. The largest absolute Gasteiger partial charge is 0.416 e. The molecule has 0 bridgehead atoms. The van der Waals surface area contributed by atoms with Crippen molar-refractivity contribution in [3.8, 4) is 11.8 Å². The highest BCUT2D eigenvalue weighted by atomic mass is 127. The molecule has 2 aromatic carbocycles. The van der Waals surface area contributed by atoms with E-state index in [4.69, 9.17) is 0 Å². The molecular formula is C21H23F3IN3O. The summed E-state index contributed by atoms with van der Waals surface area (Å²) in [4.78, 5) is 4.08. The van der Waals surface area contributed by atoms with Crippen molar-refractivity contribution in [2.45, 2.75) is 12.1 Å². The zero-order valence-corrected chi connectivity index (χ0v) is 18.2. The van der Waals surface area contributed by atoms with Crippen molar-refractivity contribution in [2.24, 2.45) is 4.99 Å². The number of hydrogen-bond acceptors (Lipinski definition) is 2. The molecule has 1 unspecified atom stereocenters. The maximum atomic E-state index is 12.7. The summed E-state index contributed by atoms with van der Waals surface area (Å²) in [6.07, 6.45) is -4.39. The van der Waals surface area contributed by atoms with Gasteiger partial charge in [-0.05, 0) is 23.8 Å². The molecule has 0 saturated carbocycles. The molecule has 8 heteroatoms. The van der Waals surface area contributed by atoms with Gasteiger partial charge in [-0.1, -0.05) is 48.2 Å². The van der Waals surface area contributed by atoms with E-state index >= 15 is 0 Å². The van der Waals surface area contributed by atoms with Crippen LogP contribution in [0.4, 0.5) is 13.2 Å². The Bertz CT molecular complexity index is 845. The molecule has 0 aromatic heterocycles. The lowest BCUT2D eigenvalue weighted by Gasteiger charge is -2.17. The van der Waals surface area contributed by atoms with Gasteiger partial charge in [-0.25, -0.2) is 0 Å². The molecule has 0 fully saturated rings. The lowest BCUT2D eigenvalue weighted by Crippen LogP contribution is -2.40. The molecule has 4 nitrogen and oxygen atoms in total. The summed E-state index contributed by atoms with van der Waals surface area (Å²) < 4.78 is 38.1. The van der Waals surface area contributed by atoms with Gasteiger partial charge in [0.05, 0.1) is 18.7 Å². The highest BCUT2D eigenvalue weighted by molar-refractivity contribution is 14.0. The zero-order valence-electron chi connectivity index (χ0n) is 15.8. The average molecular weight is 517 g/mol. The van der Waals surface area contributed by atoms with E-state index in [0.29, 0.717) is 18.1 Å². The first kappa shape index (κ1) is 24.8. The van der Waals surface area contributed by atoms with Gasteiger partial charge in [0.2, 0.25) is 0 Å². The number of aliphatic imine (C=N–C) groups is 1. The topological polar surface area (TPSA) is 56.7 Å². The molecule has 2 aromatic rings. The Morgan fingerprint density at radius 3 is 2.45 bits per heavy atom. The highest BCUT2D eigenvalue weighted by Crippen LogP contribution is 2.29. The fraction of sp³-hybridized carbons (Fsp3) is 0.286. The van der Waals surface area contributed by atoms with Gasteiger partial charge in [-0.2, -0.15) is 13.2 Å². The Morgan fingerprint density at radius 2 is 1.83 bits per heavy atom. The number of benzene rings is 2. The monoisotopic (exact) mass is 517 g/mol. The molecule has 1 atom stereocenters. The van der Waals surface area contributed by atoms with Crippen LogP contribution in [-0.4, -0.2) is 37.8 Å². The van der Waals surface area contributed by atoms with Crippen molar-refractivity contribution in [1.29, 1.82) is 0 Å². The summed E-state index contributed by atoms with van der Waals surface area (Å²) >= 11 is 0. The molecule has 0 aliphatic carbocycles. The average Bonchev–Trinajstić information content (AvgIpc) is 2.70. The standard InChI is InChI=1S/C21H22F3N3O.HI/c1-25-20(27-14-18(15-28)17-9-3-2-4-10-17)26-12-6-8-16-7-5-11-19(13-16)21(22,23)24;/h2-5,7,9-11,13,18,28H,12,14-15H2,1H3,(H2,25,26,27);1H. The van der Waals surface area contributed by atoms with Gasteiger partial charge in [0.1, 0.15) is 0 Å². The second-order valence-corrected chi connectivity index (χ2v) is 5.98. The van der Waals surface area contributed by atoms with Gasteiger partial charge in [0.25, 0.3) is 0 Å². The number of rotatable bonds is 5. The molecule has 0 amide bonds. The van der Waals surface area contributed by atoms with Crippen LogP contribution < -0.4 is 10.6 Å². The molecule has 0 spiro atoms. The van der Waals surface area contributed by atoms with E-state index in [1.807, 2.05) is 30.3 Å². The van der Waals surface area contributed by atoms with Crippen molar-refractivity contribution >= 4 is 29.9 Å². The van der Waals surface area contributed by atoms with E-state index in [-0.39, 0.29) is 43.0 Å². The Morgan fingerprint density at radius 1 is 1.10 bits per heavy atom. The lowest BCUT2D eigenvalue weighted by molar-refractivity contribution is -0.137. The minimum absolute atomic E-state index is 0. The first-order valence-electron chi connectivity index (χ1n) is 8.70. The quantitative estimate of drug-likeness (QED) is 0.246. The maximum absolute atomic E-state index is 12.7. The molecule has 0 aliphatic rings. The Labute approximate surface area is 185 Å². The first-order valence-corrected chi connectivity index (χ1v) is 8.70. The predicted octanol–water partition coefficient (Wildman–Crippen LogP) is 3.62. The maximum Gasteiger partial charge on any atom is 0.416 e. The molecule has 0 saturated heterocycles. The van der Waals surface area contributed by atoms with Gasteiger partial charge in [0.15, 0.2) is 5.96 Å². The molecule has 156 valence electrons. The van der Waals surface area contributed by atoms with E-state index < -0.39 is 11.7 Å². The zero-order chi connectivity index (χ0) is 20.4. The van der Waals surface area contributed by atoms with Crippen molar-refractivity contribution in [2.75, 3.05) is 26.7 Å². The normalized spacial score (nSPS) is 12.2. The number of nitrogens with zero attached hydrogens (tertiary/aromatic N) is 1. The van der Waals surface area contributed by atoms with Crippen LogP contribution in [-0.2, 0) is 6.18 Å². The summed E-state index contributed by atoms with van der Waals surface area (Å²) in [6, 6.07) is 14.5. The van der Waals surface area contributed by atoms with E-state index in [9.17, 15) is 18.3 Å². The molecule has 3 N–H and O–H groups in total. The first-order chi connectivity index (χ1) is 13.4. The summed E-state index contributed by atoms with van der Waals surface area (Å²) in [6.45, 7) is 0.676. The molecule has 0 radical (unpaired) electrons. The Hall–Kier alpha value is -2.25. The van der Waals surface area contributed by atoms with Crippen LogP contribution >= 0.6 is 24.0 Å². The van der Waals surface area contributed by atoms with Gasteiger partial charge in [0, 0.05) is 25.1 Å². The SMILES string of the molecule is CN=C(NCC#Cc1cccc(C(F)(F)F)c1)NCC(CO)c1ccccc1.I.